The second-order valence-corrected chi connectivity index (χ2v) is 7.33. The molecule has 8 heteroatoms. The molecule has 0 aliphatic rings. The van der Waals surface area contributed by atoms with Crippen LogP contribution in [0.4, 0.5) is 5.69 Å². The van der Waals surface area contributed by atoms with Gasteiger partial charge in [-0.1, -0.05) is 18.2 Å². The molecule has 2 rings (SSSR count). The van der Waals surface area contributed by atoms with Gasteiger partial charge in [-0.15, -0.1) is 0 Å². The van der Waals surface area contributed by atoms with Crippen molar-refractivity contribution in [1.82, 2.24) is 4.90 Å². The maximum Gasteiger partial charge on any atom is 0.339 e. The number of esters is 1. The van der Waals surface area contributed by atoms with Crippen molar-refractivity contribution in [1.29, 1.82) is 0 Å². The summed E-state index contributed by atoms with van der Waals surface area (Å²) in [5.74, 6) is -0.897. The summed E-state index contributed by atoms with van der Waals surface area (Å²) in [6, 6.07) is 11.9. The highest BCUT2D eigenvalue weighted by atomic mass is 32.2. The maximum atomic E-state index is 12.8. The van der Waals surface area contributed by atoms with Gasteiger partial charge in [-0.25, -0.2) is 13.2 Å². The Balaban J connectivity index is 2.37. The van der Waals surface area contributed by atoms with Crippen LogP contribution in [0.1, 0.15) is 34.6 Å². The molecule has 0 saturated carbocycles. The predicted molar refractivity (Wildman–Crippen MR) is 102 cm³/mol. The molecule has 0 atom stereocenters. The van der Waals surface area contributed by atoms with Crippen molar-refractivity contribution in [3.63, 3.8) is 0 Å². The first-order valence-corrected chi connectivity index (χ1v) is 9.91. The fourth-order valence-electron chi connectivity index (χ4n) is 2.55. The molecule has 0 unspecified atom stereocenters. The third-order valence-electron chi connectivity index (χ3n) is 4.02. The Labute approximate surface area is 159 Å². The number of nitrogens with zero attached hydrogens (tertiary/aromatic N) is 1. The standard InChI is InChI=1S/C19H22N2O5S/c1-4-21(5-2)18(22)14-9-8-10-15(13-14)27(24,25)20-17-12-7-6-11-16(17)19(23)26-3/h6-13,20H,4-5H2,1-3H3. The third kappa shape index (κ3) is 4.65. The van der Waals surface area contributed by atoms with Gasteiger partial charge in [0, 0.05) is 18.7 Å². The number of nitrogens with one attached hydrogen (secondary N) is 1. The molecule has 0 aliphatic carbocycles. The van der Waals surface area contributed by atoms with Crippen LogP contribution in [0.3, 0.4) is 0 Å². The molecule has 1 N–H and O–H groups in total. The SMILES string of the molecule is CCN(CC)C(=O)c1cccc(S(=O)(=O)Nc2ccccc2C(=O)OC)c1. The van der Waals surface area contributed by atoms with Crippen LogP contribution in [0.5, 0.6) is 0 Å². The largest absolute Gasteiger partial charge is 0.465 e. The number of carbonyl (C=O) groups is 2. The lowest BCUT2D eigenvalue weighted by molar-refractivity contribution is 0.0601. The number of methoxy groups -OCH3 is 1. The molecule has 7 nitrogen and oxygen atoms in total. The van der Waals surface area contributed by atoms with Gasteiger partial charge >= 0.3 is 5.97 Å². The molecular formula is C19H22N2O5S. The summed E-state index contributed by atoms with van der Waals surface area (Å²) in [6.07, 6.45) is 0. The summed E-state index contributed by atoms with van der Waals surface area (Å²) in [4.78, 5) is 25.8. The van der Waals surface area contributed by atoms with Gasteiger partial charge in [-0.2, -0.15) is 0 Å². The number of anilines is 1. The Morgan fingerprint density at radius 3 is 2.33 bits per heavy atom. The number of rotatable bonds is 7. The topological polar surface area (TPSA) is 92.8 Å². The van der Waals surface area contributed by atoms with Gasteiger partial charge in [-0.05, 0) is 44.2 Å². The molecule has 0 aliphatic heterocycles. The van der Waals surface area contributed by atoms with Crippen LogP contribution in [-0.4, -0.2) is 45.4 Å². The van der Waals surface area contributed by atoms with Crippen LogP contribution < -0.4 is 4.72 Å². The van der Waals surface area contributed by atoms with Crippen molar-refractivity contribution < 1.29 is 22.7 Å². The highest BCUT2D eigenvalue weighted by molar-refractivity contribution is 7.92. The van der Waals surface area contributed by atoms with Gasteiger partial charge in [0.2, 0.25) is 0 Å². The minimum absolute atomic E-state index is 0.0693. The van der Waals surface area contributed by atoms with Crippen LogP contribution in [0, 0.1) is 0 Å². The van der Waals surface area contributed by atoms with E-state index in [1.807, 2.05) is 13.8 Å². The molecule has 0 spiro atoms. The van der Waals surface area contributed by atoms with E-state index < -0.39 is 16.0 Å². The zero-order valence-electron chi connectivity index (χ0n) is 15.4. The lowest BCUT2D eigenvalue weighted by atomic mass is 10.2. The summed E-state index contributed by atoms with van der Waals surface area (Å²) in [6.45, 7) is 4.76. The Morgan fingerprint density at radius 2 is 1.70 bits per heavy atom. The van der Waals surface area contributed by atoms with Gasteiger partial charge in [0.1, 0.15) is 0 Å². The van der Waals surface area contributed by atoms with Crippen LogP contribution in [0.25, 0.3) is 0 Å². The van der Waals surface area contributed by atoms with Crippen molar-refractivity contribution in [2.24, 2.45) is 0 Å². The first-order chi connectivity index (χ1) is 12.8. The van der Waals surface area contributed by atoms with E-state index >= 15 is 0 Å². The molecule has 0 aromatic heterocycles. The van der Waals surface area contributed by atoms with E-state index in [1.165, 1.54) is 37.4 Å². The van der Waals surface area contributed by atoms with E-state index in [0.717, 1.165) is 0 Å². The molecular weight excluding hydrogens is 368 g/mol. The average Bonchev–Trinajstić information content (AvgIpc) is 2.68. The summed E-state index contributed by atoms with van der Waals surface area (Å²) < 4.78 is 32.6. The minimum Gasteiger partial charge on any atom is -0.465 e. The molecule has 0 heterocycles. The van der Waals surface area contributed by atoms with E-state index in [0.29, 0.717) is 13.1 Å². The lowest BCUT2D eigenvalue weighted by Crippen LogP contribution is -2.30. The van der Waals surface area contributed by atoms with Crippen molar-refractivity contribution in [3.8, 4) is 0 Å². The van der Waals surface area contributed by atoms with E-state index in [4.69, 9.17) is 0 Å². The van der Waals surface area contributed by atoms with E-state index in [2.05, 4.69) is 9.46 Å². The second kappa shape index (κ2) is 8.68. The number of benzene rings is 2. The van der Waals surface area contributed by atoms with E-state index in [9.17, 15) is 18.0 Å². The third-order valence-corrected chi connectivity index (χ3v) is 5.38. The predicted octanol–water partition coefficient (Wildman–Crippen LogP) is 2.76. The van der Waals surface area contributed by atoms with Crippen LogP contribution in [0.2, 0.25) is 0 Å². The monoisotopic (exact) mass is 390 g/mol. The molecule has 2 aromatic carbocycles. The van der Waals surface area contributed by atoms with Crippen molar-refractivity contribution >= 4 is 27.6 Å². The van der Waals surface area contributed by atoms with Gasteiger partial charge in [0.15, 0.2) is 0 Å². The fraction of sp³-hybridized carbons (Fsp3) is 0.263. The Hall–Kier alpha value is -2.87. The zero-order chi connectivity index (χ0) is 20.0. The highest BCUT2D eigenvalue weighted by Crippen LogP contribution is 2.22. The van der Waals surface area contributed by atoms with Gasteiger partial charge in [-0.3, -0.25) is 9.52 Å². The van der Waals surface area contributed by atoms with Gasteiger partial charge in [0.05, 0.1) is 23.3 Å². The molecule has 0 bridgehead atoms. The number of amides is 1. The number of hydrogen-bond donors (Lipinski definition) is 1. The molecule has 144 valence electrons. The van der Waals surface area contributed by atoms with E-state index in [-0.39, 0.29) is 27.6 Å². The smallest absolute Gasteiger partial charge is 0.339 e. The van der Waals surface area contributed by atoms with Crippen LogP contribution in [0.15, 0.2) is 53.4 Å². The van der Waals surface area contributed by atoms with Gasteiger partial charge in [0.25, 0.3) is 15.9 Å². The number of ether oxygens (including phenoxy) is 1. The molecule has 1 amide bonds. The van der Waals surface area contributed by atoms with Crippen molar-refractivity contribution in [2.45, 2.75) is 18.7 Å². The minimum atomic E-state index is -4.00. The zero-order valence-corrected chi connectivity index (χ0v) is 16.2. The molecule has 2 aromatic rings. The molecule has 0 saturated heterocycles. The number of hydrogen-bond acceptors (Lipinski definition) is 5. The van der Waals surface area contributed by atoms with Crippen molar-refractivity contribution in [3.05, 3.63) is 59.7 Å². The molecule has 27 heavy (non-hydrogen) atoms. The summed E-state index contributed by atoms with van der Waals surface area (Å²) in [7, 11) is -2.78. The fourth-order valence-corrected chi connectivity index (χ4v) is 3.68. The van der Waals surface area contributed by atoms with Crippen LogP contribution >= 0.6 is 0 Å². The normalized spacial score (nSPS) is 10.9. The van der Waals surface area contributed by atoms with Crippen LogP contribution in [-0.2, 0) is 14.8 Å². The number of sulfonamides is 1. The van der Waals surface area contributed by atoms with Gasteiger partial charge < -0.3 is 9.64 Å². The number of para-hydroxylation sites is 1. The second-order valence-electron chi connectivity index (χ2n) is 5.65. The highest BCUT2D eigenvalue weighted by Gasteiger charge is 2.21. The first-order valence-electron chi connectivity index (χ1n) is 8.43. The average molecular weight is 390 g/mol. The lowest BCUT2D eigenvalue weighted by Gasteiger charge is -2.19. The summed E-state index contributed by atoms with van der Waals surface area (Å²) in [5.41, 5.74) is 0.478. The molecule has 0 fully saturated rings. The quantitative estimate of drug-likeness (QED) is 0.734. The van der Waals surface area contributed by atoms with E-state index in [1.54, 1.807) is 23.1 Å². The van der Waals surface area contributed by atoms with Crippen molar-refractivity contribution in [2.75, 3.05) is 24.9 Å². The summed E-state index contributed by atoms with van der Waals surface area (Å²) >= 11 is 0. The Bertz CT molecular complexity index is 937. The Kier molecular flexibility index (Phi) is 6.57. The molecule has 0 radical (unpaired) electrons. The maximum absolute atomic E-state index is 12.8. The Morgan fingerprint density at radius 1 is 1.04 bits per heavy atom. The summed E-state index contributed by atoms with van der Waals surface area (Å²) in [5, 5.41) is 0. The number of carbonyl (C=O) groups excluding carboxylic acids is 2. The first kappa shape index (κ1) is 20.4.